The molecule has 9 heteroatoms. The van der Waals surface area contributed by atoms with Crippen LogP contribution in [0.4, 0.5) is 10.1 Å². The van der Waals surface area contributed by atoms with E-state index >= 15 is 0 Å². The highest BCUT2D eigenvalue weighted by Gasteiger charge is 2.31. The number of hydrogen-bond donors (Lipinski definition) is 1. The highest BCUT2D eigenvalue weighted by molar-refractivity contribution is 6.06. The predicted octanol–water partition coefficient (Wildman–Crippen LogP) is 3.34. The van der Waals surface area contributed by atoms with Crippen molar-refractivity contribution in [3.05, 3.63) is 64.5 Å². The van der Waals surface area contributed by atoms with Crippen molar-refractivity contribution in [3.63, 3.8) is 0 Å². The fourth-order valence-electron chi connectivity index (χ4n) is 3.72. The Morgan fingerprint density at radius 1 is 1.19 bits per heavy atom. The van der Waals surface area contributed by atoms with Crippen molar-refractivity contribution in [3.8, 4) is 0 Å². The zero-order valence-corrected chi connectivity index (χ0v) is 18.0. The van der Waals surface area contributed by atoms with Crippen LogP contribution in [-0.4, -0.2) is 37.3 Å². The molecule has 4 rings (SSSR count). The van der Waals surface area contributed by atoms with Gasteiger partial charge in [0.1, 0.15) is 5.82 Å². The lowest BCUT2D eigenvalue weighted by Gasteiger charge is -2.10. The lowest BCUT2D eigenvalue weighted by Crippen LogP contribution is -2.28. The van der Waals surface area contributed by atoms with Gasteiger partial charge in [-0.1, -0.05) is 17.3 Å². The first-order valence-electron chi connectivity index (χ1n) is 10.2. The van der Waals surface area contributed by atoms with Gasteiger partial charge in [0.2, 0.25) is 6.10 Å². The summed E-state index contributed by atoms with van der Waals surface area (Å²) >= 11 is 0. The van der Waals surface area contributed by atoms with Gasteiger partial charge in [-0.15, -0.1) is 0 Å². The third kappa shape index (κ3) is 4.08. The minimum Gasteiger partial charge on any atom is -0.382 e. The molecule has 3 heterocycles. The van der Waals surface area contributed by atoms with Crippen molar-refractivity contribution in [1.82, 2.24) is 19.6 Å². The molecule has 0 fully saturated rings. The smallest absolute Gasteiger partial charge is 0.268 e. The summed E-state index contributed by atoms with van der Waals surface area (Å²) in [7, 11) is 0. The van der Waals surface area contributed by atoms with Crippen LogP contribution in [0.1, 0.15) is 41.6 Å². The van der Waals surface area contributed by atoms with E-state index in [0.29, 0.717) is 24.3 Å². The van der Waals surface area contributed by atoms with Crippen LogP contribution in [0.25, 0.3) is 0 Å². The van der Waals surface area contributed by atoms with Gasteiger partial charge >= 0.3 is 0 Å². The molecule has 1 aromatic carbocycles. The van der Waals surface area contributed by atoms with Gasteiger partial charge in [0.05, 0.1) is 35.5 Å². The lowest BCUT2D eigenvalue weighted by molar-refractivity contribution is -0.125. The predicted molar refractivity (Wildman–Crippen MR) is 114 cm³/mol. The lowest BCUT2D eigenvalue weighted by atomic mass is 10.1. The van der Waals surface area contributed by atoms with Gasteiger partial charge < -0.3 is 10.2 Å². The van der Waals surface area contributed by atoms with E-state index in [1.165, 1.54) is 12.1 Å². The molecule has 0 saturated carbocycles. The van der Waals surface area contributed by atoms with E-state index in [1.54, 1.807) is 23.0 Å². The molecule has 1 N–H and O–H groups in total. The Kier molecular flexibility index (Phi) is 5.58. The molecule has 31 heavy (non-hydrogen) atoms. The minimum atomic E-state index is -0.710. The minimum absolute atomic E-state index is 0.271. The number of anilines is 1. The molecule has 2 aromatic heterocycles. The Morgan fingerprint density at radius 3 is 2.61 bits per heavy atom. The van der Waals surface area contributed by atoms with Crippen molar-refractivity contribution < 1.29 is 14.0 Å². The first-order valence-corrected chi connectivity index (χ1v) is 10.2. The van der Waals surface area contributed by atoms with E-state index in [2.05, 4.69) is 20.7 Å². The van der Waals surface area contributed by atoms with E-state index in [9.17, 15) is 9.18 Å². The van der Waals surface area contributed by atoms with E-state index in [1.807, 2.05) is 32.4 Å². The van der Waals surface area contributed by atoms with E-state index in [0.717, 1.165) is 34.8 Å². The van der Waals surface area contributed by atoms with Crippen molar-refractivity contribution in [2.75, 3.05) is 5.32 Å². The van der Waals surface area contributed by atoms with Gasteiger partial charge in [0, 0.05) is 24.2 Å². The third-order valence-corrected chi connectivity index (χ3v) is 5.55. The Balaban J connectivity index is 1.44. The highest BCUT2D eigenvalue weighted by Crippen LogP contribution is 2.24. The van der Waals surface area contributed by atoms with Crippen LogP contribution in [0.5, 0.6) is 0 Å². The van der Waals surface area contributed by atoms with Crippen molar-refractivity contribution in [1.29, 1.82) is 0 Å². The van der Waals surface area contributed by atoms with Crippen molar-refractivity contribution in [2.45, 2.75) is 53.3 Å². The van der Waals surface area contributed by atoms with Crippen molar-refractivity contribution >= 4 is 17.3 Å². The topological polar surface area (TPSA) is 86.3 Å². The van der Waals surface area contributed by atoms with Gasteiger partial charge in [-0.2, -0.15) is 10.2 Å². The summed E-state index contributed by atoms with van der Waals surface area (Å²) in [6.07, 6.45) is 1.43. The van der Waals surface area contributed by atoms with Crippen LogP contribution in [-0.2, 0) is 22.7 Å². The Hall–Kier alpha value is -3.49. The quantitative estimate of drug-likeness (QED) is 0.658. The summed E-state index contributed by atoms with van der Waals surface area (Å²) in [6, 6.07) is 6.28. The average Bonchev–Trinajstić information content (AvgIpc) is 3.44. The number of rotatable bonds is 6. The number of nitrogens with one attached hydrogen (secondary N) is 1. The van der Waals surface area contributed by atoms with E-state index in [-0.39, 0.29) is 11.7 Å². The number of carbonyl (C=O) groups is 1. The number of carbonyl (C=O) groups excluding carboxylic acids is 1. The summed E-state index contributed by atoms with van der Waals surface area (Å²) < 4.78 is 16.8. The van der Waals surface area contributed by atoms with Gasteiger partial charge in [-0.25, -0.2) is 4.39 Å². The summed E-state index contributed by atoms with van der Waals surface area (Å²) in [5, 5.41) is 15.9. The Bertz CT molecular complexity index is 1150. The third-order valence-electron chi connectivity index (χ3n) is 5.55. The number of aromatic nitrogens is 4. The summed E-state index contributed by atoms with van der Waals surface area (Å²) in [4.78, 5) is 18.3. The molecule has 1 atom stereocenters. The molecule has 162 valence electrons. The second-order valence-corrected chi connectivity index (χ2v) is 7.61. The molecule has 1 aliphatic heterocycles. The zero-order valence-electron chi connectivity index (χ0n) is 18.0. The summed E-state index contributed by atoms with van der Waals surface area (Å²) in [6.45, 7) is 8.97. The number of hydrogen-bond acceptors (Lipinski definition) is 5. The molecular weight excluding hydrogens is 399 g/mol. The number of aryl methyl sites for hydroxylation is 2. The molecule has 0 unspecified atom stereocenters. The van der Waals surface area contributed by atoms with Gasteiger partial charge in [-0.3, -0.25) is 14.2 Å². The maximum Gasteiger partial charge on any atom is 0.268 e. The standard InChI is InChI=1S/C22H25FN6O2/c1-5-28-14(3)18(11-24-28)19-10-20(31-27-19)22(30)25-21-13(2)26-29(15(21)4)12-16-6-8-17(23)9-7-16/h6-9,11,20H,5,10,12H2,1-4H3,(H,25,30)/t20-/m0/s1. The van der Waals surface area contributed by atoms with Crippen LogP contribution < -0.4 is 5.32 Å². The van der Waals surface area contributed by atoms with E-state index < -0.39 is 6.10 Å². The normalized spacial score (nSPS) is 15.6. The van der Waals surface area contributed by atoms with Crippen LogP contribution in [0, 0.1) is 26.6 Å². The Morgan fingerprint density at radius 2 is 1.94 bits per heavy atom. The molecule has 0 bridgehead atoms. The van der Waals surface area contributed by atoms with Crippen LogP contribution in [0.2, 0.25) is 0 Å². The first kappa shape index (κ1) is 20.8. The first-order chi connectivity index (χ1) is 14.9. The maximum atomic E-state index is 13.1. The second kappa shape index (κ2) is 8.33. The zero-order chi connectivity index (χ0) is 22.1. The molecule has 0 spiro atoms. The van der Waals surface area contributed by atoms with Gasteiger partial charge in [-0.05, 0) is 45.4 Å². The number of benzene rings is 1. The van der Waals surface area contributed by atoms with E-state index in [4.69, 9.17) is 4.84 Å². The average molecular weight is 424 g/mol. The fourth-order valence-corrected chi connectivity index (χ4v) is 3.72. The highest BCUT2D eigenvalue weighted by atomic mass is 19.1. The molecule has 3 aromatic rings. The number of nitrogens with zero attached hydrogens (tertiary/aromatic N) is 5. The SMILES string of the molecule is CCn1ncc(C2=NO[C@H](C(=O)Nc3c(C)nn(Cc4ccc(F)cc4)c3C)C2)c1C. The van der Waals surface area contributed by atoms with Crippen LogP contribution in [0.15, 0.2) is 35.6 Å². The number of halogens is 1. The van der Waals surface area contributed by atoms with Gasteiger partial charge in [0.15, 0.2) is 0 Å². The summed E-state index contributed by atoms with van der Waals surface area (Å²) in [5.74, 6) is -0.549. The molecule has 0 saturated heterocycles. The largest absolute Gasteiger partial charge is 0.382 e. The van der Waals surface area contributed by atoms with Crippen LogP contribution >= 0.6 is 0 Å². The number of oxime groups is 1. The maximum absolute atomic E-state index is 13.1. The molecule has 0 aliphatic carbocycles. The van der Waals surface area contributed by atoms with Crippen molar-refractivity contribution in [2.24, 2.45) is 5.16 Å². The molecular formula is C22H25FN6O2. The molecule has 0 radical (unpaired) electrons. The molecule has 8 nitrogen and oxygen atoms in total. The second-order valence-electron chi connectivity index (χ2n) is 7.61. The fraction of sp³-hybridized carbons (Fsp3) is 0.364. The number of amides is 1. The molecule has 1 aliphatic rings. The summed E-state index contributed by atoms with van der Waals surface area (Å²) in [5.41, 5.74) is 5.71. The Labute approximate surface area is 179 Å². The molecule has 1 amide bonds. The van der Waals surface area contributed by atoms with Gasteiger partial charge in [0.25, 0.3) is 5.91 Å². The van der Waals surface area contributed by atoms with Crippen LogP contribution in [0.3, 0.4) is 0 Å². The monoisotopic (exact) mass is 424 g/mol.